The zero-order valence-electron chi connectivity index (χ0n) is 19.3. The predicted octanol–water partition coefficient (Wildman–Crippen LogP) is 8.10. The molecule has 1 aromatic carbocycles. The predicted molar refractivity (Wildman–Crippen MR) is 128 cm³/mol. The first-order valence-electron chi connectivity index (χ1n) is 12.6. The van der Waals surface area contributed by atoms with Gasteiger partial charge in [-0.2, -0.15) is 0 Å². The number of rotatable bonds is 17. The van der Waals surface area contributed by atoms with Gasteiger partial charge in [-0.25, -0.2) is 0 Å². The maximum absolute atomic E-state index is 2.62. The molecule has 0 aliphatic carbocycles. The molecule has 164 valence electrons. The molecule has 0 N–H and O–H groups in total. The fraction of sp³-hybridized carbons (Fsp3) is 0.704. The van der Waals surface area contributed by atoms with Gasteiger partial charge in [-0.15, -0.1) is 0 Å². The lowest BCUT2D eigenvalue weighted by Crippen LogP contribution is -2.38. The number of benzene rings is 1. The van der Waals surface area contributed by atoms with Crippen LogP contribution in [0.1, 0.15) is 109 Å². The molecule has 0 aromatic heterocycles. The molecule has 0 saturated heterocycles. The molecule has 0 saturated carbocycles. The molecule has 1 aromatic rings. The minimum absolute atomic E-state index is 0.557. The van der Waals surface area contributed by atoms with Crippen LogP contribution >= 0.6 is 0 Å². The van der Waals surface area contributed by atoms with Crippen LogP contribution in [-0.4, -0.2) is 22.5 Å². The van der Waals surface area contributed by atoms with Gasteiger partial charge in [-0.05, 0) is 24.8 Å². The number of nitrogens with zero attached hydrogens (tertiary/aromatic N) is 2. The van der Waals surface area contributed by atoms with Crippen LogP contribution in [0.2, 0.25) is 0 Å². The Labute approximate surface area is 181 Å². The first kappa shape index (κ1) is 23.8. The van der Waals surface area contributed by atoms with Crippen LogP contribution < -0.4 is 0 Å². The molecule has 0 bridgehead atoms. The van der Waals surface area contributed by atoms with Gasteiger partial charge in [0.1, 0.15) is 6.17 Å². The van der Waals surface area contributed by atoms with Crippen molar-refractivity contribution in [1.29, 1.82) is 0 Å². The third-order valence-electron chi connectivity index (χ3n) is 6.26. The summed E-state index contributed by atoms with van der Waals surface area (Å²) in [6.07, 6.45) is 24.6. The number of unbranched alkanes of at least 4 members (excludes halogenated alkanes) is 11. The van der Waals surface area contributed by atoms with Crippen molar-refractivity contribution in [2.24, 2.45) is 0 Å². The summed E-state index contributed by atoms with van der Waals surface area (Å²) in [4.78, 5) is 5.19. The highest BCUT2D eigenvalue weighted by atomic mass is 15.4. The van der Waals surface area contributed by atoms with Gasteiger partial charge in [0.15, 0.2) is 0 Å². The normalized spacial score (nSPS) is 16.1. The van der Waals surface area contributed by atoms with Crippen molar-refractivity contribution in [2.75, 3.05) is 6.54 Å². The van der Waals surface area contributed by atoms with Crippen molar-refractivity contribution in [3.63, 3.8) is 0 Å². The largest absolute Gasteiger partial charge is 0.356 e. The molecule has 0 amide bonds. The standard InChI is InChI=1S/C27H46N2/c1-3-5-7-9-10-11-12-17-21-27-28(22-18-13-8-6-4-2)23-24-29(27)25-26-19-15-14-16-20-26/h14-16,19-20,23-24,27H,3-13,17-18,21-22,25H2,1-2H3. The smallest absolute Gasteiger partial charge is 0.101 e. The van der Waals surface area contributed by atoms with E-state index >= 15 is 0 Å². The lowest BCUT2D eigenvalue weighted by atomic mass is 10.1. The monoisotopic (exact) mass is 398 g/mol. The molecule has 2 nitrogen and oxygen atoms in total. The van der Waals surface area contributed by atoms with Crippen molar-refractivity contribution in [2.45, 2.75) is 116 Å². The second kappa shape index (κ2) is 15.4. The minimum Gasteiger partial charge on any atom is -0.356 e. The van der Waals surface area contributed by atoms with Gasteiger partial charge in [-0.3, -0.25) is 0 Å². The van der Waals surface area contributed by atoms with Crippen LogP contribution in [0.5, 0.6) is 0 Å². The van der Waals surface area contributed by atoms with Crippen molar-refractivity contribution in [1.82, 2.24) is 9.80 Å². The van der Waals surface area contributed by atoms with E-state index in [-0.39, 0.29) is 0 Å². The van der Waals surface area contributed by atoms with E-state index in [2.05, 4.69) is 66.4 Å². The van der Waals surface area contributed by atoms with Gasteiger partial charge in [-0.1, -0.05) is 115 Å². The van der Waals surface area contributed by atoms with Gasteiger partial charge in [0.05, 0.1) is 0 Å². The SMILES string of the molecule is CCCCCCCCCCC1N(CCCCCCC)C=CN1Cc1ccccc1. The molecular weight excluding hydrogens is 352 g/mol. The van der Waals surface area contributed by atoms with Crippen molar-refractivity contribution in [3.05, 3.63) is 48.3 Å². The van der Waals surface area contributed by atoms with Gasteiger partial charge in [0.2, 0.25) is 0 Å². The van der Waals surface area contributed by atoms with Crippen LogP contribution in [0, 0.1) is 0 Å². The fourth-order valence-electron chi connectivity index (χ4n) is 4.43. The highest BCUT2D eigenvalue weighted by molar-refractivity contribution is 5.15. The summed E-state index contributed by atoms with van der Waals surface area (Å²) < 4.78 is 0. The van der Waals surface area contributed by atoms with E-state index < -0.39 is 0 Å². The topological polar surface area (TPSA) is 6.48 Å². The molecule has 1 atom stereocenters. The second-order valence-electron chi connectivity index (χ2n) is 8.85. The lowest BCUT2D eigenvalue weighted by Gasteiger charge is -2.33. The van der Waals surface area contributed by atoms with Crippen LogP contribution in [0.25, 0.3) is 0 Å². The molecule has 2 heteroatoms. The Morgan fingerprint density at radius 2 is 1.17 bits per heavy atom. The van der Waals surface area contributed by atoms with E-state index in [1.54, 1.807) is 0 Å². The van der Waals surface area contributed by atoms with E-state index in [0.29, 0.717) is 6.17 Å². The zero-order chi connectivity index (χ0) is 20.6. The highest BCUT2D eigenvalue weighted by Gasteiger charge is 2.25. The Kier molecular flexibility index (Phi) is 12.7. The quantitative estimate of drug-likeness (QED) is 0.244. The summed E-state index contributed by atoms with van der Waals surface area (Å²) in [6, 6.07) is 11.0. The summed E-state index contributed by atoms with van der Waals surface area (Å²) in [5, 5.41) is 0. The van der Waals surface area contributed by atoms with Gasteiger partial charge in [0.25, 0.3) is 0 Å². The van der Waals surface area contributed by atoms with Crippen molar-refractivity contribution < 1.29 is 0 Å². The van der Waals surface area contributed by atoms with E-state index in [1.807, 2.05) is 0 Å². The summed E-state index contributed by atoms with van der Waals surface area (Å²) in [5.41, 5.74) is 1.42. The Hall–Kier alpha value is -1.44. The Morgan fingerprint density at radius 1 is 0.621 bits per heavy atom. The first-order valence-corrected chi connectivity index (χ1v) is 12.6. The fourth-order valence-corrected chi connectivity index (χ4v) is 4.43. The average molecular weight is 399 g/mol. The first-order chi connectivity index (χ1) is 14.3. The summed E-state index contributed by atoms with van der Waals surface area (Å²) in [7, 11) is 0. The zero-order valence-corrected chi connectivity index (χ0v) is 19.3. The second-order valence-corrected chi connectivity index (χ2v) is 8.85. The van der Waals surface area contributed by atoms with Gasteiger partial charge < -0.3 is 9.80 Å². The molecule has 1 unspecified atom stereocenters. The van der Waals surface area contributed by atoms with E-state index in [4.69, 9.17) is 0 Å². The molecule has 29 heavy (non-hydrogen) atoms. The molecule has 2 rings (SSSR count). The minimum atomic E-state index is 0.557. The van der Waals surface area contributed by atoms with Crippen LogP contribution in [0.15, 0.2) is 42.7 Å². The summed E-state index contributed by atoms with van der Waals surface area (Å²) in [6.45, 7) is 6.84. The van der Waals surface area contributed by atoms with E-state index in [1.165, 1.54) is 102 Å². The third-order valence-corrected chi connectivity index (χ3v) is 6.26. The van der Waals surface area contributed by atoms with Gasteiger partial charge in [0, 0.05) is 25.5 Å². The summed E-state index contributed by atoms with van der Waals surface area (Å²) >= 11 is 0. The van der Waals surface area contributed by atoms with Gasteiger partial charge >= 0.3 is 0 Å². The van der Waals surface area contributed by atoms with Crippen LogP contribution in [0.3, 0.4) is 0 Å². The maximum Gasteiger partial charge on any atom is 0.101 e. The molecule has 1 aliphatic rings. The molecule has 1 aliphatic heterocycles. The molecule has 0 spiro atoms. The van der Waals surface area contributed by atoms with E-state index in [0.717, 1.165) is 6.54 Å². The molecular formula is C27H46N2. The van der Waals surface area contributed by atoms with Crippen LogP contribution in [0.4, 0.5) is 0 Å². The average Bonchev–Trinajstić information content (AvgIpc) is 3.12. The number of hydrogen-bond acceptors (Lipinski definition) is 2. The Morgan fingerprint density at radius 3 is 1.83 bits per heavy atom. The van der Waals surface area contributed by atoms with Crippen molar-refractivity contribution in [3.8, 4) is 0 Å². The third kappa shape index (κ3) is 9.74. The lowest BCUT2D eigenvalue weighted by molar-refractivity contribution is 0.132. The van der Waals surface area contributed by atoms with Crippen molar-refractivity contribution >= 4 is 0 Å². The highest BCUT2D eigenvalue weighted by Crippen LogP contribution is 2.24. The molecule has 0 fully saturated rings. The van der Waals surface area contributed by atoms with Crippen LogP contribution in [-0.2, 0) is 6.54 Å². The number of hydrogen-bond donors (Lipinski definition) is 0. The Bertz CT molecular complexity index is 525. The van der Waals surface area contributed by atoms with E-state index in [9.17, 15) is 0 Å². The molecule has 1 heterocycles. The summed E-state index contributed by atoms with van der Waals surface area (Å²) in [5.74, 6) is 0. The Balaban J connectivity index is 1.75. The maximum atomic E-state index is 2.62. The molecule has 0 radical (unpaired) electrons.